The van der Waals surface area contributed by atoms with Crippen LogP contribution in [0, 0.1) is 5.92 Å². The Morgan fingerprint density at radius 3 is 2.68 bits per heavy atom. The predicted molar refractivity (Wildman–Crippen MR) is 82.1 cm³/mol. The maximum Gasteiger partial charge on any atom is 0.408 e. The van der Waals surface area contributed by atoms with Crippen LogP contribution in [-0.4, -0.2) is 24.7 Å². The molecule has 2 atom stereocenters. The topological polar surface area (TPSA) is 64.6 Å². The third kappa shape index (κ3) is 4.00. The van der Waals surface area contributed by atoms with Crippen molar-refractivity contribution in [3.8, 4) is 0 Å². The zero-order valence-corrected chi connectivity index (χ0v) is 13.1. The lowest BCUT2D eigenvalue weighted by Gasteiger charge is -2.37. The van der Waals surface area contributed by atoms with Crippen LogP contribution in [0.4, 0.5) is 4.79 Å². The van der Waals surface area contributed by atoms with E-state index in [0.717, 1.165) is 18.4 Å². The molecular weight excluding hydrogens is 282 g/mol. The third-order valence-corrected chi connectivity index (χ3v) is 4.13. The van der Waals surface area contributed by atoms with Crippen molar-refractivity contribution < 1.29 is 19.1 Å². The number of ether oxygens (including phenoxy) is 2. The maximum atomic E-state index is 12.2. The number of amides is 1. The van der Waals surface area contributed by atoms with E-state index in [1.54, 1.807) is 0 Å². The Kier molecular flexibility index (Phi) is 5.41. The van der Waals surface area contributed by atoms with Crippen molar-refractivity contribution in [3.63, 3.8) is 0 Å². The fourth-order valence-corrected chi connectivity index (χ4v) is 3.05. The van der Waals surface area contributed by atoms with Gasteiger partial charge in [-0.15, -0.1) is 0 Å². The maximum absolute atomic E-state index is 12.2. The number of hydrogen-bond acceptors (Lipinski definition) is 4. The standard InChI is InChI=1S/C17H23NO4/c1-13-7-6-10-17(11-13,15(19)21-2)18-16(20)22-12-14-8-4-3-5-9-14/h3-5,8-9,13H,6-7,10-12H2,1-2H3,(H,18,20)/t13-,17-/m1/s1. The highest BCUT2D eigenvalue weighted by Crippen LogP contribution is 2.33. The fourth-order valence-electron chi connectivity index (χ4n) is 3.05. The normalized spacial score (nSPS) is 24.4. The van der Waals surface area contributed by atoms with Crippen LogP contribution in [0.3, 0.4) is 0 Å². The van der Waals surface area contributed by atoms with Crippen LogP contribution in [-0.2, 0) is 20.9 Å². The minimum atomic E-state index is -0.958. The zero-order chi connectivity index (χ0) is 16.0. The lowest BCUT2D eigenvalue weighted by Crippen LogP contribution is -2.57. The van der Waals surface area contributed by atoms with Crippen LogP contribution in [0.15, 0.2) is 30.3 Å². The number of rotatable bonds is 4. The van der Waals surface area contributed by atoms with Gasteiger partial charge in [0.1, 0.15) is 12.1 Å². The van der Waals surface area contributed by atoms with Gasteiger partial charge in [0.15, 0.2) is 0 Å². The highest BCUT2D eigenvalue weighted by Gasteiger charge is 2.44. The smallest absolute Gasteiger partial charge is 0.408 e. The van der Waals surface area contributed by atoms with E-state index in [1.165, 1.54) is 7.11 Å². The molecule has 120 valence electrons. The summed E-state index contributed by atoms with van der Waals surface area (Å²) in [5, 5.41) is 2.75. The molecule has 2 rings (SSSR count). The number of carbonyl (C=O) groups is 2. The number of nitrogens with one attached hydrogen (secondary N) is 1. The molecule has 0 spiro atoms. The lowest BCUT2D eigenvalue weighted by atomic mass is 9.76. The number of carbonyl (C=O) groups excluding carboxylic acids is 2. The highest BCUT2D eigenvalue weighted by molar-refractivity contribution is 5.85. The van der Waals surface area contributed by atoms with Gasteiger partial charge in [-0.05, 0) is 24.3 Å². The quantitative estimate of drug-likeness (QED) is 0.868. The number of esters is 1. The van der Waals surface area contributed by atoms with E-state index in [2.05, 4.69) is 12.2 Å². The summed E-state index contributed by atoms with van der Waals surface area (Å²) in [5.74, 6) is -0.0296. The summed E-state index contributed by atoms with van der Waals surface area (Å²) < 4.78 is 10.1. The molecule has 0 heterocycles. The molecule has 5 nitrogen and oxygen atoms in total. The van der Waals surface area contributed by atoms with Crippen molar-refractivity contribution in [1.82, 2.24) is 5.32 Å². The molecular formula is C17H23NO4. The van der Waals surface area contributed by atoms with Crippen LogP contribution in [0.5, 0.6) is 0 Å². The second-order valence-corrected chi connectivity index (χ2v) is 5.96. The molecule has 1 aromatic rings. The number of alkyl carbamates (subject to hydrolysis) is 1. The summed E-state index contributed by atoms with van der Waals surface area (Å²) in [4.78, 5) is 24.2. The summed E-state index contributed by atoms with van der Waals surface area (Å²) in [6, 6.07) is 9.43. The summed E-state index contributed by atoms with van der Waals surface area (Å²) in [7, 11) is 1.35. The first-order valence-corrected chi connectivity index (χ1v) is 7.63. The average Bonchev–Trinajstić information content (AvgIpc) is 2.53. The van der Waals surface area contributed by atoms with Gasteiger partial charge < -0.3 is 14.8 Å². The Hall–Kier alpha value is -2.04. The Morgan fingerprint density at radius 1 is 1.32 bits per heavy atom. The molecule has 1 amide bonds. The summed E-state index contributed by atoms with van der Waals surface area (Å²) >= 11 is 0. The van der Waals surface area contributed by atoms with Gasteiger partial charge in [-0.3, -0.25) is 0 Å². The molecule has 0 aliphatic heterocycles. The van der Waals surface area contributed by atoms with Gasteiger partial charge >= 0.3 is 12.1 Å². The first kappa shape index (κ1) is 16.3. The Bertz CT molecular complexity index is 517. The van der Waals surface area contributed by atoms with E-state index < -0.39 is 17.6 Å². The molecule has 1 fully saturated rings. The molecule has 0 radical (unpaired) electrons. The van der Waals surface area contributed by atoms with E-state index in [1.807, 2.05) is 30.3 Å². The SMILES string of the molecule is COC(=O)[C@@]1(NC(=O)OCc2ccccc2)CCC[C@@H](C)C1. The molecule has 0 bridgehead atoms. The van der Waals surface area contributed by atoms with Gasteiger partial charge in [0.25, 0.3) is 0 Å². The summed E-state index contributed by atoms with van der Waals surface area (Å²) in [6.45, 7) is 2.26. The average molecular weight is 305 g/mol. The highest BCUT2D eigenvalue weighted by atomic mass is 16.6. The van der Waals surface area contributed by atoms with Gasteiger partial charge in [-0.2, -0.15) is 0 Å². The molecule has 1 aromatic carbocycles. The lowest BCUT2D eigenvalue weighted by molar-refractivity contribution is -0.150. The molecule has 0 saturated heterocycles. The fraction of sp³-hybridized carbons (Fsp3) is 0.529. The van der Waals surface area contributed by atoms with Crippen LogP contribution in [0.1, 0.15) is 38.2 Å². The van der Waals surface area contributed by atoms with E-state index in [9.17, 15) is 9.59 Å². The molecule has 1 aliphatic carbocycles. The van der Waals surface area contributed by atoms with Crippen LogP contribution in [0.2, 0.25) is 0 Å². The molecule has 5 heteroatoms. The van der Waals surface area contributed by atoms with E-state index in [4.69, 9.17) is 9.47 Å². The third-order valence-electron chi connectivity index (χ3n) is 4.13. The first-order chi connectivity index (χ1) is 10.6. The Balaban J connectivity index is 1.98. The first-order valence-electron chi connectivity index (χ1n) is 7.63. The molecule has 0 aromatic heterocycles. The van der Waals surface area contributed by atoms with Crippen molar-refractivity contribution in [2.75, 3.05) is 7.11 Å². The van der Waals surface area contributed by atoms with Gasteiger partial charge in [-0.25, -0.2) is 9.59 Å². The molecule has 1 aliphatic rings. The number of methoxy groups -OCH3 is 1. The monoisotopic (exact) mass is 305 g/mol. The van der Waals surface area contributed by atoms with E-state index >= 15 is 0 Å². The molecule has 22 heavy (non-hydrogen) atoms. The van der Waals surface area contributed by atoms with Crippen molar-refractivity contribution in [2.24, 2.45) is 5.92 Å². The second kappa shape index (κ2) is 7.29. The van der Waals surface area contributed by atoms with Crippen LogP contribution in [0.25, 0.3) is 0 Å². The van der Waals surface area contributed by atoms with Crippen LogP contribution >= 0.6 is 0 Å². The number of benzene rings is 1. The van der Waals surface area contributed by atoms with Gasteiger partial charge in [0, 0.05) is 0 Å². The van der Waals surface area contributed by atoms with Gasteiger partial charge in [-0.1, -0.05) is 50.1 Å². The van der Waals surface area contributed by atoms with Crippen molar-refractivity contribution in [3.05, 3.63) is 35.9 Å². The van der Waals surface area contributed by atoms with Crippen molar-refractivity contribution in [2.45, 2.75) is 44.8 Å². The van der Waals surface area contributed by atoms with Crippen LogP contribution < -0.4 is 5.32 Å². The molecule has 1 N–H and O–H groups in total. The van der Waals surface area contributed by atoms with Gasteiger partial charge in [0.05, 0.1) is 7.11 Å². The molecule has 0 unspecified atom stereocenters. The minimum Gasteiger partial charge on any atom is -0.467 e. The van der Waals surface area contributed by atoms with Crippen molar-refractivity contribution >= 4 is 12.1 Å². The van der Waals surface area contributed by atoms with Gasteiger partial charge in [0.2, 0.25) is 0 Å². The summed E-state index contributed by atoms with van der Waals surface area (Å²) in [6.07, 6.45) is 2.53. The summed E-state index contributed by atoms with van der Waals surface area (Å²) in [5.41, 5.74) is -0.0537. The second-order valence-electron chi connectivity index (χ2n) is 5.96. The number of hydrogen-bond donors (Lipinski definition) is 1. The predicted octanol–water partition coefficient (Wildman–Crippen LogP) is 3.03. The minimum absolute atomic E-state index is 0.180. The molecule has 1 saturated carbocycles. The Morgan fingerprint density at radius 2 is 2.05 bits per heavy atom. The van der Waals surface area contributed by atoms with E-state index in [-0.39, 0.29) is 6.61 Å². The largest absolute Gasteiger partial charge is 0.467 e. The van der Waals surface area contributed by atoms with E-state index in [0.29, 0.717) is 18.8 Å². The zero-order valence-electron chi connectivity index (χ0n) is 13.1. The Labute approximate surface area is 131 Å². The van der Waals surface area contributed by atoms with Crippen molar-refractivity contribution in [1.29, 1.82) is 0 Å².